The molecule has 0 aliphatic carbocycles. The van der Waals surface area contributed by atoms with E-state index < -0.39 is 12.1 Å². The van der Waals surface area contributed by atoms with Gasteiger partial charge in [0, 0.05) is 16.8 Å². The van der Waals surface area contributed by atoms with Crippen LogP contribution in [0.25, 0.3) is 33.5 Å². The maximum Gasteiger partial charge on any atom is 0.338 e. The van der Waals surface area contributed by atoms with Gasteiger partial charge in [-0.05, 0) is 110 Å². The third kappa shape index (κ3) is 6.64. The van der Waals surface area contributed by atoms with Gasteiger partial charge in [0.05, 0.1) is 42.2 Å². The lowest BCUT2D eigenvalue weighted by Gasteiger charge is -2.17. The van der Waals surface area contributed by atoms with E-state index >= 15 is 0 Å². The van der Waals surface area contributed by atoms with E-state index in [-0.39, 0.29) is 11.5 Å². The predicted molar refractivity (Wildman–Crippen MR) is 168 cm³/mol. The molecule has 4 aromatic carbocycles. The van der Waals surface area contributed by atoms with Crippen molar-refractivity contribution in [3.8, 4) is 34.0 Å². The molecule has 0 saturated carbocycles. The molecule has 218 valence electrons. The van der Waals surface area contributed by atoms with Gasteiger partial charge >= 0.3 is 5.97 Å². The predicted octanol–water partition coefficient (Wildman–Crippen LogP) is 7.17. The zero-order valence-electron chi connectivity index (χ0n) is 24.8. The second-order valence-electron chi connectivity index (χ2n) is 10.2. The number of anilines is 1. The third-order valence-corrected chi connectivity index (χ3v) is 7.03. The van der Waals surface area contributed by atoms with Gasteiger partial charge in [0.15, 0.2) is 6.10 Å². The van der Waals surface area contributed by atoms with Crippen LogP contribution in [0.5, 0.6) is 11.5 Å². The van der Waals surface area contributed by atoms with E-state index in [0.29, 0.717) is 34.5 Å². The highest BCUT2D eigenvalue weighted by Gasteiger charge is 2.23. The SMILES string of the molecule is CCC(OC(=O)c1ccc2nc(-c3ccc(OC)cc3)c(-c3ccc(OC)cc3)nc2c1)C(=O)Nc1cc(C)cc(C)c1. The molecule has 5 rings (SSSR count). The summed E-state index contributed by atoms with van der Waals surface area (Å²) in [7, 11) is 3.24. The summed E-state index contributed by atoms with van der Waals surface area (Å²) >= 11 is 0. The highest BCUT2D eigenvalue weighted by atomic mass is 16.5. The number of aryl methyl sites for hydroxylation is 2. The molecule has 1 N–H and O–H groups in total. The molecule has 1 atom stereocenters. The number of carbonyl (C=O) groups excluding carboxylic acids is 2. The average Bonchev–Trinajstić information content (AvgIpc) is 3.02. The molecule has 8 nitrogen and oxygen atoms in total. The molecule has 1 unspecified atom stereocenters. The Labute approximate surface area is 250 Å². The lowest BCUT2D eigenvalue weighted by atomic mass is 10.0. The first kappa shape index (κ1) is 29.3. The minimum absolute atomic E-state index is 0.275. The lowest BCUT2D eigenvalue weighted by Crippen LogP contribution is -2.32. The van der Waals surface area contributed by atoms with E-state index in [2.05, 4.69) is 5.32 Å². The highest BCUT2D eigenvalue weighted by Crippen LogP contribution is 2.33. The molecule has 0 fully saturated rings. The Balaban J connectivity index is 1.46. The number of hydrogen-bond donors (Lipinski definition) is 1. The molecule has 8 heteroatoms. The smallest absolute Gasteiger partial charge is 0.338 e. The van der Waals surface area contributed by atoms with Crippen LogP contribution in [-0.4, -0.2) is 42.2 Å². The van der Waals surface area contributed by atoms with Crippen molar-refractivity contribution in [2.45, 2.75) is 33.3 Å². The number of amides is 1. The summed E-state index contributed by atoms with van der Waals surface area (Å²) < 4.78 is 16.3. The van der Waals surface area contributed by atoms with Crippen LogP contribution in [-0.2, 0) is 9.53 Å². The van der Waals surface area contributed by atoms with E-state index in [9.17, 15) is 9.59 Å². The fourth-order valence-electron chi connectivity index (χ4n) is 4.87. The Hall–Kier alpha value is -5.24. The molecule has 0 aliphatic heterocycles. The lowest BCUT2D eigenvalue weighted by molar-refractivity contribution is -0.124. The van der Waals surface area contributed by atoms with Gasteiger partial charge < -0.3 is 19.5 Å². The summed E-state index contributed by atoms with van der Waals surface area (Å²) in [5.41, 5.74) is 7.16. The molecular formula is C35H33N3O5. The van der Waals surface area contributed by atoms with E-state index in [0.717, 1.165) is 33.8 Å². The molecular weight excluding hydrogens is 542 g/mol. The number of esters is 1. The van der Waals surface area contributed by atoms with Crippen molar-refractivity contribution in [2.24, 2.45) is 0 Å². The highest BCUT2D eigenvalue weighted by molar-refractivity contribution is 5.99. The second-order valence-corrected chi connectivity index (χ2v) is 10.2. The molecule has 0 radical (unpaired) electrons. The standard InChI is InChI=1S/C35H33N3O5/c1-6-31(34(39)36-26-18-21(2)17-22(3)19-26)43-35(40)25-11-16-29-30(20-25)38-33(24-9-14-28(42-5)15-10-24)32(37-29)23-7-12-27(41-4)13-8-23/h7-20,31H,6H2,1-5H3,(H,36,39). The first-order chi connectivity index (χ1) is 20.8. The van der Waals surface area contributed by atoms with Gasteiger partial charge in [0.1, 0.15) is 11.5 Å². The van der Waals surface area contributed by atoms with Crippen molar-refractivity contribution in [1.82, 2.24) is 9.97 Å². The topological polar surface area (TPSA) is 99.6 Å². The molecule has 1 aromatic heterocycles. The summed E-state index contributed by atoms with van der Waals surface area (Å²) in [5.74, 6) is 0.462. The van der Waals surface area contributed by atoms with Crippen molar-refractivity contribution < 1.29 is 23.8 Å². The van der Waals surface area contributed by atoms with Crippen molar-refractivity contribution in [3.63, 3.8) is 0 Å². The largest absolute Gasteiger partial charge is 0.497 e. The normalized spacial score (nSPS) is 11.6. The Morgan fingerprint density at radius 1 is 0.721 bits per heavy atom. The van der Waals surface area contributed by atoms with Crippen LogP contribution in [0.1, 0.15) is 34.8 Å². The Kier molecular flexibility index (Phi) is 8.66. The number of ether oxygens (including phenoxy) is 3. The fourth-order valence-corrected chi connectivity index (χ4v) is 4.87. The van der Waals surface area contributed by atoms with Crippen molar-refractivity contribution >= 4 is 28.6 Å². The number of hydrogen-bond acceptors (Lipinski definition) is 7. The average molecular weight is 576 g/mol. The minimum atomic E-state index is -0.956. The number of nitrogens with one attached hydrogen (secondary N) is 1. The van der Waals surface area contributed by atoms with Crippen LogP contribution in [0.15, 0.2) is 84.9 Å². The van der Waals surface area contributed by atoms with Crippen molar-refractivity contribution in [1.29, 1.82) is 0 Å². The van der Waals surface area contributed by atoms with Gasteiger partial charge in [-0.25, -0.2) is 14.8 Å². The first-order valence-electron chi connectivity index (χ1n) is 14.0. The molecule has 0 aliphatic rings. The van der Waals surface area contributed by atoms with Crippen LogP contribution in [0.4, 0.5) is 5.69 Å². The molecule has 1 amide bonds. The maximum atomic E-state index is 13.2. The van der Waals surface area contributed by atoms with Crippen LogP contribution in [0, 0.1) is 13.8 Å². The molecule has 0 saturated heterocycles. The quantitative estimate of drug-likeness (QED) is 0.186. The first-order valence-corrected chi connectivity index (χ1v) is 14.0. The van der Waals surface area contributed by atoms with Gasteiger partial charge in [-0.2, -0.15) is 0 Å². The van der Waals surface area contributed by atoms with Gasteiger partial charge in [-0.15, -0.1) is 0 Å². The van der Waals surface area contributed by atoms with Crippen LogP contribution >= 0.6 is 0 Å². The van der Waals surface area contributed by atoms with Crippen molar-refractivity contribution in [3.05, 3.63) is 102 Å². The summed E-state index contributed by atoms with van der Waals surface area (Å²) in [6, 6.07) is 26.0. The van der Waals surface area contributed by atoms with E-state index in [4.69, 9.17) is 24.2 Å². The molecule has 43 heavy (non-hydrogen) atoms. The summed E-state index contributed by atoms with van der Waals surface area (Å²) in [5, 5.41) is 2.87. The second kappa shape index (κ2) is 12.7. The fraction of sp³-hybridized carbons (Fsp3) is 0.200. The van der Waals surface area contributed by atoms with E-state index in [1.807, 2.05) is 80.6 Å². The van der Waals surface area contributed by atoms with Gasteiger partial charge in [-0.1, -0.05) is 13.0 Å². The Morgan fingerprint density at radius 2 is 1.26 bits per heavy atom. The number of methoxy groups -OCH3 is 2. The molecule has 5 aromatic rings. The Bertz CT molecular complexity index is 1760. The number of nitrogens with zero attached hydrogens (tertiary/aromatic N) is 2. The van der Waals surface area contributed by atoms with Gasteiger partial charge in [0.2, 0.25) is 0 Å². The zero-order chi connectivity index (χ0) is 30.5. The summed E-state index contributed by atoms with van der Waals surface area (Å²) in [6.07, 6.45) is -0.634. The van der Waals surface area contributed by atoms with Crippen LogP contribution in [0.3, 0.4) is 0 Å². The number of rotatable bonds is 9. The zero-order valence-corrected chi connectivity index (χ0v) is 24.8. The van der Waals surface area contributed by atoms with Gasteiger partial charge in [0.25, 0.3) is 5.91 Å². The summed E-state index contributed by atoms with van der Waals surface area (Å²) in [6.45, 7) is 5.72. The molecule has 1 heterocycles. The van der Waals surface area contributed by atoms with Crippen molar-refractivity contribution in [2.75, 3.05) is 19.5 Å². The number of aromatic nitrogens is 2. The number of fused-ring (bicyclic) bond motifs is 1. The van der Waals surface area contributed by atoms with Gasteiger partial charge in [-0.3, -0.25) is 4.79 Å². The monoisotopic (exact) mass is 575 g/mol. The van der Waals surface area contributed by atoms with E-state index in [1.165, 1.54) is 0 Å². The van der Waals surface area contributed by atoms with Crippen LogP contribution < -0.4 is 14.8 Å². The maximum absolute atomic E-state index is 13.2. The molecule has 0 bridgehead atoms. The number of carbonyl (C=O) groups is 2. The van der Waals surface area contributed by atoms with E-state index in [1.54, 1.807) is 39.3 Å². The molecule has 0 spiro atoms. The Morgan fingerprint density at radius 3 is 1.77 bits per heavy atom. The summed E-state index contributed by atoms with van der Waals surface area (Å²) in [4.78, 5) is 36.1. The van der Waals surface area contributed by atoms with Crippen LogP contribution in [0.2, 0.25) is 0 Å². The number of benzene rings is 4. The minimum Gasteiger partial charge on any atom is -0.497 e. The third-order valence-electron chi connectivity index (χ3n) is 7.03.